The fourth-order valence-electron chi connectivity index (χ4n) is 4.52. The molecule has 0 spiro atoms. The maximum Gasteiger partial charge on any atom is 0.124 e. The number of H-pyrrole nitrogens is 2. The molecular formula is C27H29N5. The molecule has 0 radical (unpaired) electrons. The van der Waals surface area contributed by atoms with E-state index in [0.717, 1.165) is 39.2 Å². The van der Waals surface area contributed by atoms with E-state index in [0.29, 0.717) is 0 Å². The highest BCUT2D eigenvalue weighted by atomic mass is 15.0. The summed E-state index contributed by atoms with van der Waals surface area (Å²) >= 11 is 0. The van der Waals surface area contributed by atoms with Gasteiger partial charge in [-0.25, -0.2) is 4.98 Å². The molecule has 2 aromatic carbocycles. The van der Waals surface area contributed by atoms with Gasteiger partial charge in [-0.1, -0.05) is 31.8 Å². The molecule has 0 saturated heterocycles. The van der Waals surface area contributed by atoms with E-state index in [1.165, 1.54) is 31.1 Å². The van der Waals surface area contributed by atoms with Gasteiger partial charge in [-0.2, -0.15) is 0 Å². The largest absolute Gasteiger partial charge is 0.357 e. The molecule has 0 unspecified atom stereocenters. The van der Waals surface area contributed by atoms with Gasteiger partial charge in [0.1, 0.15) is 5.82 Å². The summed E-state index contributed by atoms with van der Waals surface area (Å²) in [7, 11) is 0. The lowest BCUT2D eigenvalue weighted by molar-refractivity contribution is 0.435. The number of nitrogens with two attached hydrogens (primary N) is 2. The number of hydrogen-bond acceptors (Lipinski definition) is 3. The van der Waals surface area contributed by atoms with Crippen LogP contribution in [0.5, 0.6) is 0 Å². The minimum Gasteiger partial charge on any atom is -0.357 e. The number of benzene rings is 2. The highest BCUT2D eigenvalue weighted by molar-refractivity contribution is 5.82. The molecule has 5 heteroatoms. The molecule has 32 heavy (non-hydrogen) atoms. The fraction of sp³-hybridized carbons (Fsp3) is 0.370. The third-order valence-electron chi connectivity index (χ3n) is 7.70. The minimum atomic E-state index is -0.0440. The van der Waals surface area contributed by atoms with E-state index in [1.54, 1.807) is 0 Å². The Morgan fingerprint density at radius 3 is 2.12 bits per heavy atom. The number of hydrogen-bond donors (Lipinski definition) is 4. The van der Waals surface area contributed by atoms with E-state index < -0.39 is 0 Å². The molecule has 162 valence electrons. The summed E-state index contributed by atoms with van der Waals surface area (Å²) in [5.74, 6) is 7.47. The van der Waals surface area contributed by atoms with Crippen LogP contribution in [-0.4, -0.2) is 15.0 Å². The van der Waals surface area contributed by atoms with E-state index in [2.05, 4.69) is 66.0 Å². The van der Waals surface area contributed by atoms with Crippen LogP contribution < -0.4 is 11.5 Å². The summed E-state index contributed by atoms with van der Waals surface area (Å²) in [4.78, 5) is 11.6. The fourth-order valence-corrected chi connectivity index (χ4v) is 4.52. The first-order chi connectivity index (χ1) is 15.3. The Balaban J connectivity index is 1.26. The van der Waals surface area contributed by atoms with Gasteiger partial charge in [0.05, 0.1) is 23.1 Å². The first-order valence-corrected chi connectivity index (χ1v) is 11.5. The van der Waals surface area contributed by atoms with Crippen LogP contribution >= 0.6 is 0 Å². The van der Waals surface area contributed by atoms with E-state index in [9.17, 15) is 0 Å². The second-order valence-electron chi connectivity index (χ2n) is 10.4. The summed E-state index contributed by atoms with van der Waals surface area (Å²) in [5, 5.41) is 1.18. The van der Waals surface area contributed by atoms with Crippen molar-refractivity contribution in [2.24, 2.45) is 22.3 Å². The van der Waals surface area contributed by atoms with E-state index in [-0.39, 0.29) is 22.9 Å². The Labute approximate surface area is 188 Å². The smallest absolute Gasteiger partial charge is 0.124 e. The minimum absolute atomic E-state index is 0.0440. The molecule has 0 bridgehead atoms. The molecule has 2 saturated carbocycles. The van der Waals surface area contributed by atoms with Gasteiger partial charge in [0.15, 0.2) is 0 Å². The van der Waals surface area contributed by atoms with Crippen LogP contribution in [-0.2, 0) is 0 Å². The summed E-state index contributed by atoms with van der Waals surface area (Å²) in [6, 6.07) is 14.6. The van der Waals surface area contributed by atoms with Gasteiger partial charge in [0.2, 0.25) is 0 Å². The van der Waals surface area contributed by atoms with Crippen molar-refractivity contribution in [1.29, 1.82) is 0 Å². The van der Waals surface area contributed by atoms with Crippen molar-refractivity contribution in [3.05, 3.63) is 65.1 Å². The van der Waals surface area contributed by atoms with E-state index in [1.807, 2.05) is 12.1 Å². The average molecular weight is 424 g/mol. The van der Waals surface area contributed by atoms with Gasteiger partial charge in [-0.05, 0) is 78.3 Å². The number of nitrogens with zero attached hydrogens (tertiary/aromatic N) is 1. The lowest BCUT2D eigenvalue weighted by atomic mass is 9.97. The quantitative estimate of drug-likeness (QED) is 0.346. The number of aromatic amines is 2. The molecule has 2 aliphatic carbocycles. The van der Waals surface area contributed by atoms with Gasteiger partial charge in [0, 0.05) is 22.3 Å². The summed E-state index contributed by atoms with van der Waals surface area (Å²) in [5.41, 5.74) is 19.4. The average Bonchev–Trinajstić information content (AvgIpc) is 3.62. The van der Waals surface area contributed by atoms with Crippen molar-refractivity contribution in [1.82, 2.24) is 15.0 Å². The van der Waals surface area contributed by atoms with Crippen molar-refractivity contribution in [3.8, 4) is 11.8 Å². The Hall–Kier alpha value is -3.07. The molecule has 2 fully saturated rings. The standard InChI is InChI=1S/C27H29N5/c1-26(9-10-26)23(28)22-15-18-7-5-16(13-20(18)30-22)3-4-17-6-8-19-21(14-17)32-25(31-19)24(29)27(2)11-12-27/h5-8,13-15,23-24,30H,9-12,28-29H2,1-2H3,(H,31,32)/t23-,24-/m1/s1. The molecule has 2 heterocycles. The predicted octanol–water partition coefficient (Wildman–Crippen LogP) is 5.04. The molecule has 2 atom stereocenters. The topological polar surface area (TPSA) is 96.5 Å². The first kappa shape index (κ1) is 19.6. The van der Waals surface area contributed by atoms with Crippen LogP contribution in [0.3, 0.4) is 0 Å². The number of fused-ring (bicyclic) bond motifs is 2. The van der Waals surface area contributed by atoms with Crippen LogP contribution in [0.4, 0.5) is 0 Å². The second kappa shape index (κ2) is 6.71. The van der Waals surface area contributed by atoms with Crippen LogP contribution in [0.2, 0.25) is 0 Å². The first-order valence-electron chi connectivity index (χ1n) is 11.5. The van der Waals surface area contributed by atoms with Gasteiger partial charge in [-0.3, -0.25) is 0 Å². The Bertz CT molecular complexity index is 1300. The number of rotatable bonds is 4. The monoisotopic (exact) mass is 423 g/mol. The van der Waals surface area contributed by atoms with Gasteiger partial charge >= 0.3 is 0 Å². The predicted molar refractivity (Wildman–Crippen MR) is 129 cm³/mol. The van der Waals surface area contributed by atoms with Crippen LogP contribution in [0.15, 0.2) is 42.5 Å². The molecule has 4 aromatic rings. The van der Waals surface area contributed by atoms with Gasteiger partial charge < -0.3 is 21.4 Å². The normalized spacial score (nSPS) is 20.0. The van der Waals surface area contributed by atoms with Crippen LogP contribution in [0.1, 0.15) is 74.3 Å². The summed E-state index contributed by atoms with van der Waals surface area (Å²) in [6.45, 7) is 4.49. The highest BCUT2D eigenvalue weighted by Crippen LogP contribution is 2.53. The van der Waals surface area contributed by atoms with Crippen LogP contribution in [0.25, 0.3) is 21.9 Å². The number of nitrogens with one attached hydrogen (secondary N) is 2. The van der Waals surface area contributed by atoms with Crippen molar-refractivity contribution in [2.45, 2.75) is 51.6 Å². The van der Waals surface area contributed by atoms with Crippen molar-refractivity contribution in [2.75, 3.05) is 0 Å². The Morgan fingerprint density at radius 1 is 0.812 bits per heavy atom. The van der Waals surface area contributed by atoms with Gasteiger partial charge in [-0.15, -0.1) is 0 Å². The maximum absolute atomic E-state index is 6.49. The van der Waals surface area contributed by atoms with E-state index >= 15 is 0 Å². The maximum atomic E-state index is 6.49. The lowest BCUT2D eigenvalue weighted by Crippen LogP contribution is -2.21. The lowest BCUT2D eigenvalue weighted by Gasteiger charge is -2.16. The van der Waals surface area contributed by atoms with E-state index in [4.69, 9.17) is 16.5 Å². The third-order valence-corrected chi connectivity index (χ3v) is 7.70. The summed E-state index contributed by atoms with van der Waals surface area (Å²) < 4.78 is 0. The van der Waals surface area contributed by atoms with Crippen LogP contribution in [0, 0.1) is 22.7 Å². The van der Waals surface area contributed by atoms with Crippen molar-refractivity contribution in [3.63, 3.8) is 0 Å². The Morgan fingerprint density at radius 2 is 1.44 bits per heavy atom. The van der Waals surface area contributed by atoms with Crippen molar-refractivity contribution >= 4 is 21.9 Å². The molecule has 2 aromatic heterocycles. The molecule has 2 aliphatic rings. The third kappa shape index (κ3) is 3.31. The molecule has 0 aliphatic heterocycles. The molecule has 0 amide bonds. The molecule has 6 rings (SSSR count). The highest BCUT2D eigenvalue weighted by Gasteiger charge is 2.45. The molecular weight excluding hydrogens is 394 g/mol. The number of imidazole rings is 1. The summed E-state index contributed by atoms with van der Waals surface area (Å²) in [6.07, 6.45) is 4.74. The SMILES string of the molecule is CC1([C@H](N)c2cc3ccc(C#Cc4ccc5nc([C@@H](N)C6(C)CC6)[nH]c5c4)cc3[nH]2)CC1. The zero-order valence-electron chi connectivity index (χ0n) is 18.6. The Kier molecular flexibility index (Phi) is 4.11. The van der Waals surface area contributed by atoms with Crippen molar-refractivity contribution < 1.29 is 0 Å². The second-order valence-corrected chi connectivity index (χ2v) is 10.4. The van der Waals surface area contributed by atoms with Gasteiger partial charge in [0.25, 0.3) is 0 Å². The zero-order valence-corrected chi connectivity index (χ0v) is 18.6. The molecule has 6 N–H and O–H groups in total. The number of aromatic nitrogens is 3. The zero-order chi connectivity index (χ0) is 22.1. The molecule has 5 nitrogen and oxygen atoms in total.